The smallest absolute Gasteiger partial charge is 0.407 e. The minimum atomic E-state index is -0.483. The summed E-state index contributed by atoms with van der Waals surface area (Å²) in [6.45, 7) is 8.16. The molecule has 1 aliphatic carbocycles. The first-order chi connectivity index (χ1) is 10.2. The van der Waals surface area contributed by atoms with Crippen LogP contribution in [0, 0.1) is 0 Å². The Morgan fingerprint density at radius 2 is 2.18 bits per heavy atom. The van der Waals surface area contributed by atoms with Gasteiger partial charge in [-0.3, -0.25) is 0 Å². The van der Waals surface area contributed by atoms with Gasteiger partial charge >= 0.3 is 6.09 Å². The quantitative estimate of drug-likeness (QED) is 0.800. The molecule has 0 radical (unpaired) electrons. The lowest BCUT2D eigenvalue weighted by molar-refractivity contribution is 0.0507. The first-order valence-electron chi connectivity index (χ1n) is 7.79. The molecule has 2 atom stereocenters. The highest BCUT2D eigenvalue weighted by atomic mass is 16.6. The number of fused-ring (bicyclic) bond motifs is 1. The first-order valence-corrected chi connectivity index (χ1v) is 7.79. The fraction of sp³-hybridized carbons (Fsp3) is 0.588. The lowest BCUT2D eigenvalue weighted by Gasteiger charge is -2.23. The maximum Gasteiger partial charge on any atom is 0.407 e. The van der Waals surface area contributed by atoms with Crippen LogP contribution in [0.2, 0.25) is 0 Å². The van der Waals surface area contributed by atoms with Crippen molar-refractivity contribution in [1.82, 2.24) is 10.6 Å². The van der Waals surface area contributed by atoms with E-state index in [9.17, 15) is 9.90 Å². The number of nitrogens with one attached hydrogen (secondary N) is 2. The molecule has 3 N–H and O–H groups in total. The van der Waals surface area contributed by atoms with Gasteiger partial charge in [-0.05, 0) is 63.8 Å². The Labute approximate surface area is 132 Å². The van der Waals surface area contributed by atoms with Crippen molar-refractivity contribution in [2.45, 2.75) is 58.2 Å². The molecular weight excluding hydrogens is 280 g/mol. The number of carbonyl (C=O) groups excluding carboxylic acids is 1. The SMILES string of the molecule is CC(CNC1CCc2cc(O)ccc21)NC(=O)OC(C)(C)C. The highest BCUT2D eigenvalue weighted by Gasteiger charge is 2.23. The first kappa shape index (κ1) is 16.6. The van der Waals surface area contributed by atoms with E-state index in [0.29, 0.717) is 12.3 Å². The van der Waals surface area contributed by atoms with Crippen LogP contribution in [0.3, 0.4) is 0 Å². The maximum absolute atomic E-state index is 11.7. The molecule has 0 heterocycles. The molecule has 1 aromatic carbocycles. The Balaban J connectivity index is 1.81. The monoisotopic (exact) mass is 306 g/mol. The Hall–Kier alpha value is -1.75. The molecule has 0 saturated carbocycles. The van der Waals surface area contributed by atoms with E-state index in [-0.39, 0.29) is 12.1 Å². The summed E-state index contributed by atoms with van der Waals surface area (Å²) < 4.78 is 5.24. The summed E-state index contributed by atoms with van der Waals surface area (Å²) in [5.41, 5.74) is 1.96. The van der Waals surface area contributed by atoms with Crippen molar-refractivity contribution in [3.8, 4) is 5.75 Å². The second kappa shape index (κ2) is 6.57. The van der Waals surface area contributed by atoms with Gasteiger partial charge in [0.15, 0.2) is 0 Å². The predicted octanol–water partition coefficient (Wildman–Crippen LogP) is 2.88. The van der Waals surface area contributed by atoms with Gasteiger partial charge in [0.05, 0.1) is 0 Å². The highest BCUT2D eigenvalue weighted by molar-refractivity contribution is 5.68. The minimum Gasteiger partial charge on any atom is -0.508 e. The standard InChI is InChI=1S/C17H26N2O3/c1-11(19-16(21)22-17(2,3)4)10-18-15-8-5-12-9-13(20)6-7-14(12)15/h6-7,9,11,15,18,20H,5,8,10H2,1-4H3,(H,19,21). The van der Waals surface area contributed by atoms with Crippen molar-refractivity contribution < 1.29 is 14.6 Å². The van der Waals surface area contributed by atoms with Crippen LogP contribution in [-0.2, 0) is 11.2 Å². The summed E-state index contributed by atoms with van der Waals surface area (Å²) in [6.07, 6.45) is 1.59. The van der Waals surface area contributed by atoms with E-state index >= 15 is 0 Å². The van der Waals surface area contributed by atoms with Crippen molar-refractivity contribution in [2.24, 2.45) is 0 Å². The molecule has 122 valence electrons. The molecule has 0 fully saturated rings. The zero-order valence-corrected chi connectivity index (χ0v) is 13.8. The van der Waals surface area contributed by atoms with Crippen molar-refractivity contribution in [1.29, 1.82) is 0 Å². The third kappa shape index (κ3) is 4.63. The zero-order chi connectivity index (χ0) is 16.3. The second-order valence-corrected chi connectivity index (χ2v) is 6.93. The average molecular weight is 306 g/mol. The Bertz CT molecular complexity index is 537. The number of benzene rings is 1. The summed E-state index contributed by atoms with van der Waals surface area (Å²) >= 11 is 0. The fourth-order valence-electron chi connectivity index (χ4n) is 2.69. The largest absolute Gasteiger partial charge is 0.508 e. The third-order valence-electron chi connectivity index (χ3n) is 3.64. The molecule has 0 saturated heterocycles. The van der Waals surface area contributed by atoms with Gasteiger partial charge < -0.3 is 20.5 Å². The number of phenolic OH excluding ortho intramolecular Hbond substituents is 1. The second-order valence-electron chi connectivity index (χ2n) is 6.93. The van der Waals surface area contributed by atoms with Crippen LogP contribution >= 0.6 is 0 Å². The number of phenols is 1. The van der Waals surface area contributed by atoms with Gasteiger partial charge in [-0.25, -0.2) is 4.79 Å². The van der Waals surface area contributed by atoms with Crippen molar-refractivity contribution >= 4 is 6.09 Å². The molecule has 1 aliphatic rings. The van der Waals surface area contributed by atoms with E-state index in [1.165, 1.54) is 11.1 Å². The number of carbonyl (C=O) groups is 1. The maximum atomic E-state index is 11.7. The van der Waals surface area contributed by atoms with Crippen LogP contribution in [0.5, 0.6) is 5.75 Å². The van der Waals surface area contributed by atoms with Gasteiger partial charge in [-0.15, -0.1) is 0 Å². The van der Waals surface area contributed by atoms with Gasteiger partial charge in [-0.1, -0.05) is 6.07 Å². The molecule has 0 aliphatic heterocycles. The molecule has 0 aromatic heterocycles. The topological polar surface area (TPSA) is 70.6 Å². The number of alkyl carbamates (subject to hydrolysis) is 1. The van der Waals surface area contributed by atoms with Crippen LogP contribution in [0.25, 0.3) is 0 Å². The normalized spacial score (nSPS) is 18.6. The average Bonchev–Trinajstić information content (AvgIpc) is 2.76. The van der Waals surface area contributed by atoms with E-state index < -0.39 is 11.7 Å². The van der Waals surface area contributed by atoms with Crippen LogP contribution in [0.4, 0.5) is 4.79 Å². The Kier molecular flexibility index (Phi) is 4.96. The van der Waals surface area contributed by atoms with Gasteiger partial charge in [0.1, 0.15) is 11.4 Å². The zero-order valence-electron chi connectivity index (χ0n) is 13.8. The Morgan fingerprint density at radius 3 is 2.86 bits per heavy atom. The molecule has 5 heteroatoms. The van der Waals surface area contributed by atoms with E-state index in [1.807, 2.05) is 39.8 Å². The third-order valence-corrected chi connectivity index (χ3v) is 3.64. The molecule has 2 unspecified atom stereocenters. The fourth-order valence-corrected chi connectivity index (χ4v) is 2.69. The Morgan fingerprint density at radius 1 is 1.45 bits per heavy atom. The minimum absolute atomic E-state index is 0.0176. The van der Waals surface area contributed by atoms with Crippen LogP contribution in [0.15, 0.2) is 18.2 Å². The number of hydrogen-bond acceptors (Lipinski definition) is 4. The number of ether oxygens (including phenoxy) is 1. The number of rotatable bonds is 4. The molecule has 0 spiro atoms. The highest BCUT2D eigenvalue weighted by Crippen LogP contribution is 2.33. The van der Waals surface area contributed by atoms with Gasteiger partial charge in [-0.2, -0.15) is 0 Å². The van der Waals surface area contributed by atoms with E-state index in [0.717, 1.165) is 12.8 Å². The molecule has 22 heavy (non-hydrogen) atoms. The van der Waals surface area contributed by atoms with Crippen LogP contribution < -0.4 is 10.6 Å². The summed E-state index contributed by atoms with van der Waals surface area (Å²) in [5.74, 6) is 0.319. The number of aryl methyl sites for hydroxylation is 1. The van der Waals surface area contributed by atoms with Gasteiger partial charge in [0.2, 0.25) is 0 Å². The number of amides is 1. The predicted molar refractivity (Wildman–Crippen MR) is 86.0 cm³/mol. The molecule has 1 aromatic rings. The number of aromatic hydroxyl groups is 1. The van der Waals surface area contributed by atoms with Crippen LogP contribution in [-0.4, -0.2) is 29.4 Å². The van der Waals surface area contributed by atoms with Crippen molar-refractivity contribution in [2.75, 3.05) is 6.54 Å². The molecule has 1 amide bonds. The number of hydrogen-bond donors (Lipinski definition) is 3. The van der Waals surface area contributed by atoms with E-state index in [4.69, 9.17) is 4.74 Å². The lowest BCUT2D eigenvalue weighted by Crippen LogP contribution is -2.43. The summed E-state index contributed by atoms with van der Waals surface area (Å²) in [4.78, 5) is 11.7. The van der Waals surface area contributed by atoms with Gasteiger partial charge in [0.25, 0.3) is 0 Å². The van der Waals surface area contributed by atoms with E-state index in [1.54, 1.807) is 6.07 Å². The summed E-state index contributed by atoms with van der Waals surface area (Å²) in [6, 6.07) is 5.79. The van der Waals surface area contributed by atoms with Crippen LogP contribution in [0.1, 0.15) is 51.3 Å². The van der Waals surface area contributed by atoms with Gasteiger partial charge in [0, 0.05) is 18.6 Å². The van der Waals surface area contributed by atoms with E-state index in [2.05, 4.69) is 10.6 Å². The molecule has 0 bridgehead atoms. The van der Waals surface area contributed by atoms with Crippen molar-refractivity contribution in [3.05, 3.63) is 29.3 Å². The lowest BCUT2D eigenvalue weighted by atomic mass is 10.1. The molecular formula is C17H26N2O3. The molecule has 2 rings (SSSR count). The summed E-state index contributed by atoms with van der Waals surface area (Å²) in [5, 5.41) is 15.8. The summed E-state index contributed by atoms with van der Waals surface area (Å²) in [7, 11) is 0. The molecule has 5 nitrogen and oxygen atoms in total. The van der Waals surface area contributed by atoms with Crippen molar-refractivity contribution in [3.63, 3.8) is 0 Å².